The molecule has 6 nitrogen and oxygen atoms in total. The van der Waals surface area contributed by atoms with Gasteiger partial charge in [0.05, 0.1) is 11.9 Å². The smallest absolute Gasteiger partial charge is 0.405 e. The minimum Gasteiger partial charge on any atom is -0.437 e. The van der Waals surface area contributed by atoms with Crippen molar-refractivity contribution in [2.45, 2.75) is 18.9 Å². The maximum atomic E-state index is 11.1. The molecule has 0 saturated carbocycles. The molecule has 0 unspecified atom stereocenters. The van der Waals surface area contributed by atoms with E-state index in [0.29, 0.717) is 18.7 Å². The van der Waals surface area contributed by atoms with Gasteiger partial charge in [0.15, 0.2) is 5.60 Å². The van der Waals surface area contributed by atoms with Crippen LogP contribution in [0.5, 0.6) is 0 Å². The molecule has 1 saturated heterocycles. The number of nitrogens with zero attached hydrogens (tertiary/aromatic N) is 1. The molecule has 1 aliphatic heterocycles. The fourth-order valence-electron chi connectivity index (χ4n) is 2.42. The van der Waals surface area contributed by atoms with Gasteiger partial charge in [-0.15, -0.1) is 0 Å². The van der Waals surface area contributed by atoms with E-state index < -0.39 is 11.7 Å². The van der Waals surface area contributed by atoms with Crippen molar-refractivity contribution in [1.82, 2.24) is 10.3 Å². The monoisotopic (exact) mass is 236 g/mol. The third-order valence-corrected chi connectivity index (χ3v) is 3.03. The Morgan fingerprint density at radius 3 is 2.88 bits per heavy atom. The Kier molecular flexibility index (Phi) is 2.89. The van der Waals surface area contributed by atoms with Crippen molar-refractivity contribution in [3.63, 3.8) is 0 Å². The number of rotatable bonds is 2. The first-order valence-electron chi connectivity index (χ1n) is 5.45. The lowest BCUT2D eigenvalue weighted by atomic mass is 9.89. The average Bonchev–Trinajstić information content (AvgIpc) is 2.65. The topological polar surface area (TPSA) is 103 Å². The third-order valence-electron chi connectivity index (χ3n) is 3.03. The van der Waals surface area contributed by atoms with Gasteiger partial charge in [-0.05, 0) is 19.0 Å². The first-order valence-corrected chi connectivity index (χ1v) is 5.45. The van der Waals surface area contributed by atoms with E-state index in [9.17, 15) is 4.79 Å². The van der Waals surface area contributed by atoms with E-state index in [1.807, 2.05) is 6.92 Å². The molecule has 17 heavy (non-hydrogen) atoms. The van der Waals surface area contributed by atoms with Gasteiger partial charge in [-0.2, -0.15) is 0 Å². The largest absolute Gasteiger partial charge is 0.437 e. The molecule has 6 heteroatoms. The molecule has 1 aromatic rings. The van der Waals surface area contributed by atoms with Gasteiger partial charge in [0, 0.05) is 24.7 Å². The molecule has 1 aromatic heterocycles. The predicted octanol–water partition coefficient (Wildman–Crippen LogP) is 0.256. The number of nitrogens with two attached hydrogens (primary N) is 2. The first kappa shape index (κ1) is 11.7. The summed E-state index contributed by atoms with van der Waals surface area (Å²) in [5, 5.41) is 3.16. The summed E-state index contributed by atoms with van der Waals surface area (Å²) >= 11 is 0. The molecule has 1 fully saturated rings. The highest BCUT2D eigenvalue weighted by atomic mass is 16.6. The van der Waals surface area contributed by atoms with Gasteiger partial charge in [-0.1, -0.05) is 0 Å². The zero-order valence-corrected chi connectivity index (χ0v) is 9.69. The lowest BCUT2D eigenvalue weighted by Crippen LogP contribution is -2.38. The van der Waals surface area contributed by atoms with Crippen LogP contribution in [0, 0.1) is 6.92 Å². The van der Waals surface area contributed by atoms with Crippen LogP contribution in [-0.2, 0) is 10.3 Å². The van der Waals surface area contributed by atoms with Gasteiger partial charge in [0.1, 0.15) is 0 Å². The number of aromatic nitrogens is 1. The number of nitrogens with one attached hydrogen (secondary N) is 1. The summed E-state index contributed by atoms with van der Waals surface area (Å²) in [6.07, 6.45) is 3.14. The number of carbonyl (C=O) groups is 1. The van der Waals surface area contributed by atoms with Gasteiger partial charge in [-0.3, -0.25) is 4.98 Å². The van der Waals surface area contributed by atoms with Crippen LogP contribution in [0.2, 0.25) is 0 Å². The highest BCUT2D eigenvalue weighted by molar-refractivity contribution is 5.66. The normalized spacial score (nSPS) is 23.6. The van der Waals surface area contributed by atoms with E-state index in [1.54, 1.807) is 12.4 Å². The lowest BCUT2D eigenvalue weighted by Gasteiger charge is -2.30. The van der Waals surface area contributed by atoms with Crippen LogP contribution in [0.15, 0.2) is 12.4 Å². The number of nitrogen functional groups attached to an aromatic ring is 1. The Morgan fingerprint density at radius 1 is 1.59 bits per heavy atom. The number of anilines is 1. The molecule has 0 bridgehead atoms. The van der Waals surface area contributed by atoms with Gasteiger partial charge >= 0.3 is 6.09 Å². The molecule has 2 heterocycles. The Morgan fingerprint density at radius 2 is 2.35 bits per heavy atom. The van der Waals surface area contributed by atoms with Crippen LogP contribution in [0.4, 0.5) is 10.5 Å². The summed E-state index contributed by atoms with van der Waals surface area (Å²) < 4.78 is 5.32. The van der Waals surface area contributed by atoms with Gasteiger partial charge in [0.25, 0.3) is 0 Å². The number of hydrogen-bond donors (Lipinski definition) is 3. The van der Waals surface area contributed by atoms with Crippen LogP contribution in [0.1, 0.15) is 17.5 Å². The highest BCUT2D eigenvalue weighted by Gasteiger charge is 2.41. The zero-order chi connectivity index (χ0) is 12.5. The molecule has 0 aromatic carbocycles. The third kappa shape index (κ3) is 2.03. The summed E-state index contributed by atoms with van der Waals surface area (Å²) in [7, 11) is 0. The second-order valence-corrected chi connectivity index (χ2v) is 4.26. The zero-order valence-electron chi connectivity index (χ0n) is 9.69. The number of aryl methyl sites for hydroxylation is 1. The second kappa shape index (κ2) is 4.21. The van der Waals surface area contributed by atoms with Crippen LogP contribution in [0.25, 0.3) is 0 Å². The molecule has 1 amide bonds. The van der Waals surface area contributed by atoms with E-state index in [4.69, 9.17) is 16.2 Å². The van der Waals surface area contributed by atoms with Crippen molar-refractivity contribution in [1.29, 1.82) is 0 Å². The average molecular weight is 236 g/mol. The maximum absolute atomic E-state index is 11.1. The number of hydrogen-bond acceptors (Lipinski definition) is 5. The van der Waals surface area contributed by atoms with E-state index >= 15 is 0 Å². The molecule has 2 rings (SSSR count). The quantitative estimate of drug-likeness (QED) is 0.683. The lowest BCUT2D eigenvalue weighted by molar-refractivity contribution is 0.0291. The molecular formula is C11H16N4O2. The Balaban J connectivity index is 2.49. The van der Waals surface area contributed by atoms with Crippen molar-refractivity contribution in [3.8, 4) is 0 Å². The highest BCUT2D eigenvalue weighted by Crippen LogP contribution is 2.37. The fourth-order valence-corrected chi connectivity index (χ4v) is 2.42. The molecule has 5 N–H and O–H groups in total. The molecule has 0 radical (unpaired) electrons. The summed E-state index contributed by atoms with van der Waals surface area (Å²) in [5.41, 5.74) is 12.6. The van der Waals surface area contributed by atoms with Crippen LogP contribution >= 0.6 is 0 Å². The van der Waals surface area contributed by atoms with E-state index in [2.05, 4.69) is 10.3 Å². The van der Waals surface area contributed by atoms with Crippen molar-refractivity contribution in [3.05, 3.63) is 23.5 Å². The van der Waals surface area contributed by atoms with Gasteiger partial charge in [0.2, 0.25) is 0 Å². The van der Waals surface area contributed by atoms with Crippen molar-refractivity contribution in [2.75, 3.05) is 18.8 Å². The van der Waals surface area contributed by atoms with Gasteiger partial charge in [-0.25, -0.2) is 4.79 Å². The maximum Gasteiger partial charge on any atom is 0.405 e. The van der Waals surface area contributed by atoms with Crippen LogP contribution in [0.3, 0.4) is 0 Å². The minimum absolute atomic E-state index is 0.519. The first-order chi connectivity index (χ1) is 8.05. The van der Waals surface area contributed by atoms with E-state index in [1.165, 1.54) is 0 Å². The van der Waals surface area contributed by atoms with Crippen LogP contribution < -0.4 is 16.8 Å². The van der Waals surface area contributed by atoms with Crippen molar-refractivity contribution >= 4 is 11.8 Å². The Hall–Kier alpha value is -1.82. The van der Waals surface area contributed by atoms with Crippen molar-refractivity contribution < 1.29 is 9.53 Å². The predicted molar refractivity (Wildman–Crippen MR) is 63.2 cm³/mol. The summed E-state index contributed by atoms with van der Waals surface area (Å²) in [6.45, 7) is 3.17. The van der Waals surface area contributed by atoms with Gasteiger partial charge < -0.3 is 21.5 Å². The number of pyridine rings is 1. The molecule has 1 atom stereocenters. The number of amides is 1. The molecule has 1 aliphatic rings. The minimum atomic E-state index is -0.788. The summed E-state index contributed by atoms with van der Waals surface area (Å²) in [5.74, 6) is 0. The van der Waals surface area contributed by atoms with Crippen LogP contribution in [-0.4, -0.2) is 24.2 Å². The molecule has 92 valence electrons. The summed E-state index contributed by atoms with van der Waals surface area (Å²) in [4.78, 5) is 15.1. The van der Waals surface area contributed by atoms with E-state index in [0.717, 1.165) is 17.7 Å². The SMILES string of the molecule is Cc1cncc(N)c1[C@@]1(OC(N)=O)CCNC1. The van der Waals surface area contributed by atoms with E-state index in [-0.39, 0.29) is 0 Å². The second-order valence-electron chi connectivity index (χ2n) is 4.26. The fraction of sp³-hybridized carbons (Fsp3) is 0.455. The molecule has 0 aliphatic carbocycles. The number of carbonyl (C=O) groups excluding carboxylic acids is 1. The molecular weight excluding hydrogens is 220 g/mol. The Bertz CT molecular complexity index is 421. The van der Waals surface area contributed by atoms with Crippen molar-refractivity contribution in [2.24, 2.45) is 5.73 Å². The standard InChI is InChI=1S/C11H16N4O2/c1-7-4-15-5-8(12)9(7)11(17-10(13)16)2-3-14-6-11/h4-5,14H,2-3,6,12H2,1H3,(H2,13,16)/t11-/m1/s1. The number of ether oxygens (including phenoxy) is 1. The number of primary amides is 1. The summed E-state index contributed by atoms with van der Waals surface area (Å²) in [6, 6.07) is 0. The Labute approximate surface area is 99.3 Å². The molecule has 0 spiro atoms.